The molecule has 3 rings (SSSR count). The van der Waals surface area contributed by atoms with Crippen LogP contribution in [0.5, 0.6) is 0 Å². The van der Waals surface area contributed by atoms with Crippen LogP contribution < -0.4 is 5.32 Å². The Morgan fingerprint density at radius 3 is 3.11 bits per heavy atom. The maximum atomic E-state index is 6.00. The van der Waals surface area contributed by atoms with Crippen LogP contribution in [0.3, 0.4) is 0 Å². The summed E-state index contributed by atoms with van der Waals surface area (Å²) in [7, 11) is 0. The zero-order valence-corrected chi connectivity index (χ0v) is 11.4. The first-order valence-electron chi connectivity index (χ1n) is 7.15. The number of benzene rings is 1. The van der Waals surface area contributed by atoms with Gasteiger partial charge in [-0.15, -0.1) is 0 Å². The van der Waals surface area contributed by atoms with E-state index in [0.29, 0.717) is 12.7 Å². The fraction of sp³-hybridized carbons (Fsp3) is 0.533. The minimum absolute atomic E-state index is 0.333. The molecule has 2 heterocycles. The molecule has 0 radical (unpaired) electrons. The Hall–Kier alpha value is -1.39. The van der Waals surface area contributed by atoms with Gasteiger partial charge in [-0.2, -0.15) is 5.10 Å². The minimum atomic E-state index is 0.333. The highest BCUT2D eigenvalue weighted by molar-refractivity contribution is 5.81. The molecule has 0 aliphatic carbocycles. The van der Waals surface area contributed by atoms with Gasteiger partial charge >= 0.3 is 0 Å². The molecule has 102 valence electrons. The highest BCUT2D eigenvalue weighted by Crippen LogP contribution is 2.20. The summed E-state index contributed by atoms with van der Waals surface area (Å²) in [6, 6.07) is 8.38. The predicted molar refractivity (Wildman–Crippen MR) is 76.1 cm³/mol. The first-order chi connectivity index (χ1) is 9.38. The lowest BCUT2D eigenvalue weighted by atomic mass is 10.1. The van der Waals surface area contributed by atoms with Gasteiger partial charge in [-0.25, -0.2) is 0 Å². The quantitative estimate of drug-likeness (QED) is 0.916. The number of aromatic nitrogens is 2. The molecule has 1 saturated heterocycles. The summed E-state index contributed by atoms with van der Waals surface area (Å²) in [5, 5.41) is 9.25. The third kappa shape index (κ3) is 2.65. The second kappa shape index (κ2) is 5.72. The Morgan fingerprint density at radius 2 is 2.32 bits per heavy atom. The van der Waals surface area contributed by atoms with Crippen LogP contribution >= 0.6 is 0 Å². The summed E-state index contributed by atoms with van der Waals surface area (Å²) in [6.45, 7) is 5.71. The van der Waals surface area contributed by atoms with Crippen molar-refractivity contribution < 1.29 is 4.74 Å². The average molecular weight is 259 g/mol. The Labute approximate surface area is 113 Å². The van der Waals surface area contributed by atoms with E-state index in [9.17, 15) is 0 Å². The Morgan fingerprint density at radius 1 is 1.42 bits per heavy atom. The standard InChI is InChI=1S/C15H21N3O/c1-2-18-15-8-4-3-7-13(15)14(17-18)11-19-12-6-5-9-16-10-12/h3-4,7-8,12,16H,2,5-6,9-11H2,1H3/t12-/m0/s1. The highest BCUT2D eigenvalue weighted by Gasteiger charge is 2.15. The summed E-state index contributed by atoms with van der Waals surface area (Å²) in [5.74, 6) is 0. The summed E-state index contributed by atoms with van der Waals surface area (Å²) in [4.78, 5) is 0. The zero-order chi connectivity index (χ0) is 13.1. The SMILES string of the molecule is CCn1nc(CO[C@H]2CCCNC2)c2ccccc21. The van der Waals surface area contributed by atoms with E-state index in [2.05, 4.69) is 41.6 Å². The molecule has 19 heavy (non-hydrogen) atoms. The number of piperidine rings is 1. The number of aryl methyl sites for hydroxylation is 1. The first-order valence-corrected chi connectivity index (χ1v) is 7.15. The second-order valence-corrected chi connectivity index (χ2v) is 5.06. The number of nitrogens with one attached hydrogen (secondary N) is 1. The fourth-order valence-corrected chi connectivity index (χ4v) is 2.70. The molecule has 0 unspecified atom stereocenters. The molecular weight excluding hydrogens is 238 g/mol. The van der Waals surface area contributed by atoms with Crippen LogP contribution in [-0.2, 0) is 17.9 Å². The van der Waals surface area contributed by atoms with Crippen LogP contribution in [0.25, 0.3) is 10.9 Å². The molecule has 0 bridgehead atoms. The number of rotatable bonds is 4. The van der Waals surface area contributed by atoms with Crippen molar-refractivity contribution in [2.45, 2.75) is 39.0 Å². The van der Waals surface area contributed by atoms with Gasteiger partial charge in [-0.1, -0.05) is 18.2 Å². The second-order valence-electron chi connectivity index (χ2n) is 5.06. The van der Waals surface area contributed by atoms with Crippen LogP contribution in [0.2, 0.25) is 0 Å². The van der Waals surface area contributed by atoms with E-state index >= 15 is 0 Å². The molecule has 4 heteroatoms. The molecule has 1 aliphatic rings. The normalized spacial score (nSPS) is 19.9. The summed E-state index contributed by atoms with van der Waals surface area (Å²) in [6.07, 6.45) is 2.69. The number of fused-ring (bicyclic) bond motifs is 1. The van der Waals surface area contributed by atoms with E-state index < -0.39 is 0 Å². The van der Waals surface area contributed by atoms with Gasteiger partial charge in [-0.05, 0) is 32.4 Å². The number of para-hydroxylation sites is 1. The Bertz CT molecular complexity index is 543. The van der Waals surface area contributed by atoms with Crippen LogP contribution in [-0.4, -0.2) is 29.0 Å². The van der Waals surface area contributed by atoms with Crippen LogP contribution in [0.1, 0.15) is 25.5 Å². The molecule has 1 aromatic heterocycles. The molecule has 1 aliphatic heterocycles. The Balaban J connectivity index is 1.76. The largest absolute Gasteiger partial charge is 0.371 e. The average Bonchev–Trinajstić information content (AvgIpc) is 2.84. The molecular formula is C15H21N3O. The maximum Gasteiger partial charge on any atom is 0.0960 e. The van der Waals surface area contributed by atoms with Crippen molar-refractivity contribution >= 4 is 10.9 Å². The van der Waals surface area contributed by atoms with Crippen LogP contribution in [0.4, 0.5) is 0 Å². The van der Waals surface area contributed by atoms with E-state index in [4.69, 9.17) is 4.74 Å². The number of hydrogen-bond acceptors (Lipinski definition) is 3. The van der Waals surface area contributed by atoms with Crippen molar-refractivity contribution in [3.8, 4) is 0 Å². The maximum absolute atomic E-state index is 6.00. The lowest BCUT2D eigenvalue weighted by Crippen LogP contribution is -2.35. The third-order valence-corrected chi connectivity index (χ3v) is 3.74. The van der Waals surface area contributed by atoms with Crippen molar-refractivity contribution in [3.05, 3.63) is 30.0 Å². The lowest BCUT2D eigenvalue weighted by Gasteiger charge is -2.22. The van der Waals surface area contributed by atoms with E-state index in [0.717, 1.165) is 31.7 Å². The molecule has 0 saturated carbocycles. The molecule has 1 atom stereocenters. The zero-order valence-electron chi connectivity index (χ0n) is 11.4. The molecule has 1 fully saturated rings. The predicted octanol–water partition coefficient (Wildman–Crippen LogP) is 2.32. The van der Waals surface area contributed by atoms with Crippen molar-refractivity contribution in [1.29, 1.82) is 0 Å². The van der Waals surface area contributed by atoms with E-state index in [1.807, 2.05) is 4.68 Å². The first kappa shape index (κ1) is 12.6. The van der Waals surface area contributed by atoms with Gasteiger partial charge in [0.2, 0.25) is 0 Å². The summed E-state index contributed by atoms with van der Waals surface area (Å²) < 4.78 is 8.05. The number of nitrogens with zero attached hydrogens (tertiary/aromatic N) is 2. The highest BCUT2D eigenvalue weighted by atomic mass is 16.5. The molecule has 0 spiro atoms. The molecule has 2 aromatic rings. The van der Waals surface area contributed by atoms with Crippen LogP contribution in [0, 0.1) is 0 Å². The monoisotopic (exact) mass is 259 g/mol. The van der Waals surface area contributed by atoms with Gasteiger partial charge in [0.25, 0.3) is 0 Å². The van der Waals surface area contributed by atoms with Gasteiger partial charge in [0.05, 0.1) is 23.9 Å². The van der Waals surface area contributed by atoms with E-state index in [1.54, 1.807) is 0 Å². The third-order valence-electron chi connectivity index (χ3n) is 3.74. The fourth-order valence-electron chi connectivity index (χ4n) is 2.70. The van der Waals surface area contributed by atoms with Crippen LogP contribution in [0.15, 0.2) is 24.3 Å². The van der Waals surface area contributed by atoms with E-state index in [-0.39, 0.29) is 0 Å². The van der Waals surface area contributed by atoms with Crippen molar-refractivity contribution in [1.82, 2.24) is 15.1 Å². The number of ether oxygens (including phenoxy) is 1. The smallest absolute Gasteiger partial charge is 0.0960 e. The molecule has 1 N–H and O–H groups in total. The Kier molecular flexibility index (Phi) is 3.80. The summed E-state index contributed by atoms with van der Waals surface area (Å²) in [5.41, 5.74) is 2.26. The molecule has 4 nitrogen and oxygen atoms in total. The molecule has 0 amide bonds. The van der Waals surface area contributed by atoms with E-state index in [1.165, 1.54) is 17.3 Å². The summed E-state index contributed by atoms with van der Waals surface area (Å²) >= 11 is 0. The van der Waals surface area contributed by atoms with Crippen molar-refractivity contribution in [3.63, 3.8) is 0 Å². The van der Waals surface area contributed by atoms with Gasteiger partial charge in [-0.3, -0.25) is 4.68 Å². The minimum Gasteiger partial charge on any atom is -0.371 e. The van der Waals surface area contributed by atoms with Crippen molar-refractivity contribution in [2.24, 2.45) is 0 Å². The lowest BCUT2D eigenvalue weighted by molar-refractivity contribution is 0.0239. The number of hydrogen-bond donors (Lipinski definition) is 1. The van der Waals surface area contributed by atoms with Gasteiger partial charge in [0, 0.05) is 18.5 Å². The van der Waals surface area contributed by atoms with Gasteiger partial charge in [0.15, 0.2) is 0 Å². The van der Waals surface area contributed by atoms with Gasteiger partial charge in [0.1, 0.15) is 0 Å². The van der Waals surface area contributed by atoms with Gasteiger partial charge < -0.3 is 10.1 Å². The van der Waals surface area contributed by atoms with Crippen molar-refractivity contribution in [2.75, 3.05) is 13.1 Å². The topological polar surface area (TPSA) is 39.1 Å². The molecule has 1 aromatic carbocycles.